The number of para-hydroxylation sites is 2. The van der Waals surface area contributed by atoms with E-state index in [2.05, 4.69) is 39.6 Å². The van der Waals surface area contributed by atoms with Gasteiger partial charge in [-0.05, 0) is 74.6 Å². The van der Waals surface area contributed by atoms with Crippen LogP contribution in [0.2, 0.25) is 0 Å². The molecule has 1 amide bonds. The number of rotatable bonds is 4. The van der Waals surface area contributed by atoms with Crippen molar-refractivity contribution in [1.82, 2.24) is 19.9 Å². The second-order valence-corrected chi connectivity index (χ2v) is 9.95. The van der Waals surface area contributed by atoms with Crippen LogP contribution < -0.4 is 10.9 Å². The van der Waals surface area contributed by atoms with Gasteiger partial charge in [0, 0.05) is 29.1 Å². The molecular formula is C28H30N4O2. The van der Waals surface area contributed by atoms with E-state index >= 15 is 0 Å². The van der Waals surface area contributed by atoms with Crippen LogP contribution in [0.3, 0.4) is 0 Å². The molecule has 0 aliphatic heterocycles. The number of H-pyrrole nitrogens is 1. The maximum absolute atomic E-state index is 13.2. The first kappa shape index (κ1) is 21.1. The van der Waals surface area contributed by atoms with Crippen molar-refractivity contribution in [3.05, 3.63) is 76.5 Å². The number of carbonyl (C=O) groups is 1. The zero-order valence-corrected chi connectivity index (χ0v) is 19.3. The summed E-state index contributed by atoms with van der Waals surface area (Å²) in [4.78, 5) is 34.0. The van der Waals surface area contributed by atoms with E-state index in [0.717, 1.165) is 56.0 Å². The maximum atomic E-state index is 13.2. The molecule has 0 saturated heterocycles. The van der Waals surface area contributed by atoms with E-state index in [1.54, 1.807) is 10.9 Å². The van der Waals surface area contributed by atoms with Crippen molar-refractivity contribution < 1.29 is 4.79 Å². The van der Waals surface area contributed by atoms with Gasteiger partial charge in [0.1, 0.15) is 0 Å². The Bertz CT molecular complexity index is 1410. The van der Waals surface area contributed by atoms with Gasteiger partial charge >= 0.3 is 0 Å². The van der Waals surface area contributed by atoms with Crippen LogP contribution in [0.25, 0.3) is 21.8 Å². The Kier molecular flexibility index (Phi) is 5.44. The summed E-state index contributed by atoms with van der Waals surface area (Å²) in [5.41, 5.74) is 4.48. The molecule has 1 atom stereocenters. The van der Waals surface area contributed by atoms with Gasteiger partial charge in [-0.25, -0.2) is 4.98 Å². The fraction of sp³-hybridized carbons (Fsp3) is 0.393. The number of hydrogen-bond acceptors (Lipinski definition) is 3. The van der Waals surface area contributed by atoms with Gasteiger partial charge in [0.05, 0.1) is 23.3 Å². The first-order valence-electron chi connectivity index (χ1n) is 12.5. The van der Waals surface area contributed by atoms with E-state index in [1.165, 1.54) is 16.6 Å². The van der Waals surface area contributed by atoms with Crippen molar-refractivity contribution in [3.63, 3.8) is 0 Å². The molecule has 0 radical (unpaired) electrons. The molecule has 1 fully saturated rings. The topological polar surface area (TPSA) is 79.8 Å². The summed E-state index contributed by atoms with van der Waals surface area (Å²) in [7, 11) is 0. The molecule has 6 nitrogen and oxygen atoms in total. The number of fused-ring (bicyclic) bond motifs is 4. The van der Waals surface area contributed by atoms with E-state index < -0.39 is 0 Å². The van der Waals surface area contributed by atoms with Crippen molar-refractivity contribution in [2.24, 2.45) is 11.8 Å². The largest absolute Gasteiger partial charge is 0.356 e. The highest BCUT2D eigenvalue weighted by molar-refractivity contribution is 5.86. The van der Waals surface area contributed by atoms with Crippen LogP contribution in [0.1, 0.15) is 55.8 Å². The summed E-state index contributed by atoms with van der Waals surface area (Å²) in [5.74, 6) is 0.636. The molecule has 174 valence electrons. The van der Waals surface area contributed by atoms with Gasteiger partial charge in [0.2, 0.25) is 5.91 Å². The molecule has 0 bridgehead atoms. The van der Waals surface area contributed by atoms with E-state index in [-0.39, 0.29) is 23.4 Å². The Morgan fingerprint density at radius 2 is 1.76 bits per heavy atom. The molecule has 6 heteroatoms. The van der Waals surface area contributed by atoms with Crippen LogP contribution in [-0.2, 0) is 17.8 Å². The first-order chi connectivity index (χ1) is 16.7. The summed E-state index contributed by atoms with van der Waals surface area (Å²) >= 11 is 0. The number of amides is 1. The second kappa shape index (κ2) is 8.75. The summed E-state index contributed by atoms with van der Waals surface area (Å²) in [5, 5.41) is 5.32. The summed E-state index contributed by atoms with van der Waals surface area (Å²) in [6, 6.07) is 16.0. The van der Waals surface area contributed by atoms with Gasteiger partial charge in [0.15, 0.2) is 0 Å². The first-order valence-corrected chi connectivity index (χ1v) is 12.5. The number of carbonyl (C=O) groups excluding carboxylic acids is 1. The molecule has 34 heavy (non-hydrogen) atoms. The molecule has 0 spiro atoms. The van der Waals surface area contributed by atoms with Gasteiger partial charge in [0.25, 0.3) is 5.56 Å². The number of nitrogens with zero attached hydrogens (tertiary/aromatic N) is 2. The molecule has 0 unspecified atom stereocenters. The lowest BCUT2D eigenvalue weighted by molar-refractivity contribution is -0.127. The third kappa shape index (κ3) is 3.81. The van der Waals surface area contributed by atoms with Crippen molar-refractivity contribution in [3.8, 4) is 0 Å². The predicted octanol–water partition coefficient (Wildman–Crippen LogP) is 4.88. The minimum Gasteiger partial charge on any atom is -0.356 e. The van der Waals surface area contributed by atoms with Crippen LogP contribution in [0.15, 0.2) is 59.7 Å². The quantitative estimate of drug-likeness (QED) is 0.461. The molecule has 2 aromatic carbocycles. The van der Waals surface area contributed by atoms with Crippen molar-refractivity contribution in [2.75, 3.05) is 0 Å². The average Bonchev–Trinajstić information content (AvgIpc) is 3.26. The Hall–Kier alpha value is -3.41. The van der Waals surface area contributed by atoms with Crippen molar-refractivity contribution in [2.45, 2.75) is 57.5 Å². The van der Waals surface area contributed by atoms with E-state index in [4.69, 9.17) is 0 Å². The molecular weight excluding hydrogens is 424 g/mol. The molecule has 2 N–H and O–H groups in total. The molecule has 1 saturated carbocycles. The van der Waals surface area contributed by atoms with E-state index in [1.807, 2.05) is 24.3 Å². The standard InChI is InChI=1S/C28H30N4O2/c33-27(31-25-11-5-8-21-20-6-1-4-10-24(20)30-26(21)25)19-14-12-18(13-15-19)16-32-17-29-23-9-3-2-7-22(23)28(32)34/h1-4,6-7,9-10,17-19,25,30H,5,8,11-16H2,(H,31,33)/t18?,19?,25-/m1/s1. The lowest BCUT2D eigenvalue weighted by atomic mass is 9.81. The maximum Gasteiger partial charge on any atom is 0.261 e. The minimum absolute atomic E-state index is 0.0249. The van der Waals surface area contributed by atoms with Crippen LogP contribution in [-0.4, -0.2) is 20.4 Å². The van der Waals surface area contributed by atoms with Gasteiger partial charge in [-0.15, -0.1) is 0 Å². The third-order valence-corrected chi connectivity index (χ3v) is 7.84. The average molecular weight is 455 g/mol. The Labute approximate surface area is 198 Å². The number of hydrogen-bond donors (Lipinski definition) is 2. The zero-order chi connectivity index (χ0) is 23.1. The lowest BCUT2D eigenvalue weighted by Gasteiger charge is -2.30. The second-order valence-electron chi connectivity index (χ2n) is 9.95. The van der Waals surface area contributed by atoms with E-state index in [9.17, 15) is 9.59 Å². The smallest absolute Gasteiger partial charge is 0.261 e. The van der Waals surface area contributed by atoms with Crippen LogP contribution in [0.5, 0.6) is 0 Å². The lowest BCUT2D eigenvalue weighted by Crippen LogP contribution is -2.37. The molecule has 2 aliphatic rings. The van der Waals surface area contributed by atoms with Gasteiger partial charge < -0.3 is 10.3 Å². The third-order valence-electron chi connectivity index (χ3n) is 7.84. The number of aromatic amines is 1. The summed E-state index contributed by atoms with van der Waals surface area (Å²) in [6.45, 7) is 0.673. The fourth-order valence-electron chi connectivity index (χ4n) is 5.97. The highest BCUT2D eigenvalue weighted by Crippen LogP contribution is 2.36. The molecule has 4 aromatic rings. The number of benzene rings is 2. The molecule has 2 aromatic heterocycles. The minimum atomic E-state index is 0.0249. The number of aromatic nitrogens is 3. The van der Waals surface area contributed by atoms with Crippen molar-refractivity contribution in [1.29, 1.82) is 0 Å². The Morgan fingerprint density at radius 1 is 1.00 bits per heavy atom. The number of nitrogens with one attached hydrogen (secondary N) is 2. The Balaban J connectivity index is 1.09. The highest BCUT2D eigenvalue weighted by Gasteiger charge is 2.31. The molecule has 2 aliphatic carbocycles. The van der Waals surface area contributed by atoms with E-state index in [0.29, 0.717) is 17.8 Å². The predicted molar refractivity (Wildman–Crippen MR) is 134 cm³/mol. The normalized spacial score (nSPS) is 22.5. The number of aryl methyl sites for hydroxylation is 1. The summed E-state index contributed by atoms with van der Waals surface area (Å²) in [6.07, 6.45) is 8.49. The SMILES string of the molecule is O=C(N[C@@H]1CCCc2c1[nH]c1ccccc21)C1CCC(Cn2cnc3ccccc3c2=O)CC1. The van der Waals surface area contributed by atoms with Crippen LogP contribution in [0, 0.1) is 11.8 Å². The molecule has 6 rings (SSSR count). The fourth-order valence-corrected chi connectivity index (χ4v) is 5.97. The van der Waals surface area contributed by atoms with Crippen LogP contribution in [0.4, 0.5) is 0 Å². The van der Waals surface area contributed by atoms with Gasteiger partial charge in [-0.3, -0.25) is 14.2 Å². The van der Waals surface area contributed by atoms with Crippen LogP contribution >= 0.6 is 0 Å². The zero-order valence-electron chi connectivity index (χ0n) is 19.3. The van der Waals surface area contributed by atoms with Gasteiger partial charge in [-0.1, -0.05) is 30.3 Å². The highest BCUT2D eigenvalue weighted by atomic mass is 16.2. The summed E-state index contributed by atoms with van der Waals surface area (Å²) < 4.78 is 1.74. The monoisotopic (exact) mass is 454 g/mol. The van der Waals surface area contributed by atoms with Crippen molar-refractivity contribution >= 4 is 27.7 Å². The molecule has 2 heterocycles. The van der Waals surface area contributed by atoms with Gasteiger partial charge in [-0.2, -0.15) is 0 Å². The Morgan fingerprint density at radius 3 is 2.62 bits per heavy atom.